The van der Waals surface area contributed by atoms with E-state index in [1.807, 2.05) is 24.3 Å². The second-order valence-corrected chi connectivity index (χ2v) is 4.45. The number of hydrogen-bond acceptors (Lipinski definition) is 3. The minimum atomic E-state index is 0.734. The summed E-state index contributed by atoms with van der Waals surface area (Å²) in [6, 6.07) is 7.78. The molecule has 3 nitrogen and oxygen atoms in total. The zero-order valence-corrected chi connectivity index (χ0v) is 11.0. The standard InChI is InChI=1S/C14H22N2O/c1-4-16(11-5-10-15(2)3)14-8-6-13(12-17)7-9-14/h6-9,12H,4-5,10-11H2,1-3H3. The van der Waals surface area contributed by atoms with Gasteiger partial charge in [-0.25, -0.2) is 0 Å². The molecule has 0 heterocycles. The summed E-state index contributed by atoms with van der Waals surface area (Å²) >= 11 is 0. The molecule has 17 heavy (non-hydrogen) atoms. The van der Waals surface area contributed by atoms with Crippen molar-refractivity contribution in [1.29, 1.82) is 0 Å². The Bertz CT molecular complexity index is 333. The van der Waals surface area contributed by atoms with Gasteiger partial charge in [-0.1, -0.05) is 0 Å². The average Bonchev–Trinajstić information content (AvgIpc) is 2.34. The number of aldehydes is 1. The van der Waals surface area contributed by atoms with E-state index in [9.17, 15) is 4.79 Å². The van der Waals surface area contributed by atoms with Crippen molar-refractivity contribution in [3.05, 3.63) is 29.8 Å². The number of nitrogens with zero attached hydrogens (tertiary/aromatic N) is 2. The predicted molar refractivity (Wildman–Crippen MR) is 72.9 cm³/mol. The van der Waals surface area contributed by atoms with Crippen LogP contribution in [0, 0.1) is 0 Å². The molecule has 0 aromatic heterocycles. The molecule has 0 bridgehead atoms. The fraction of sp³-hybridized carbons (Fsp3) is 0.500. The van der Waals surface area contributed by atoms with Gasteiger partial charge in [0, 0.05) is 24.3 Å². The molecular weight excluding hydrogens is 212 g/mol. The van der Waals surface area contributed by atoms with Gasteiger partial charge in [0.05, 0.1) is 0 Å². The lowest BCUT2D eigenvalue weighted by atomic mass is 10.2. The van der Waals surface area contributed by atoms with Crippen LogP contribution in [0.4, 0.5) is 5.69 Å². The van der Waals surface area contributed by atoms with Crippen molar-refractivity contribution in [3.63, 3.8) is 0 Å². The normalized spacial score (nSPS) is 10.6. The largest absolute Gasteiger partial charge is 0.372 e. The van der Waals surface area contributed by atoms with Gasteiger partial charge >= 0.3 is 0 Å². The van der Waals surface area contributed by atoms with E-state index in [0.717, 1.165) is 37.9 Å². The van der Waals surface area contributed by atoms with Gasteiger partial charge in [0.25, 0.3) is 0 Å². The first kappa shape index (κ1) is 13.7. The number of rotatable bonds is 7. The van der Waals surface area contributed by atoms with Gasteiger partial charge < -0.3 is 9.80 Å². The molecular formula is C14H22N2O. The number of hydrogen-bond donors (Lipinski definition) is 0. The first-order chi connectivity index (χ1) is 8.17. The quantitative estimate of drug-likeness (QED) is 0.676. The zero-order chi connectivity index (χ0) is 12.7. The molecule has 0 atom stereocenters. The van der Waals surface area contributed by atoms with Crippen LogP contribution in [0.25, 0.3) is 0 Å². The van der Waals surface area contributed by atoms with Gasteiger partial charge in [-0.15, -0.1) is 0 Å². The summed E-state index contributed by atoms with van der Waals surface area (Å²) in [6.07, 6.45) is 2.03. The Kier molecular flexibility index (Phi) is 5.70. The van der Waals surface area contributed by atoms with E-state index in [0.29, 0.717) is 0 Å². The van der Waals surface area contributed by atoms with Crippen molar-refractivity contribution in [2.75, 3.05) is 38.6 Å². The minimum absolute atomic E-state index is 0.734. The van der Waals surface area contributed by atoms with Crippen molar-refractivity contribution in [1.82, 2.24) is 4.90 Å². The number of benzene rings is 1. The van der Waals surface area contributed by atoms with Crippen LogP contribution in [0.15, 0.2) is 24.3 Å². The van der Waals surface area contributed by atoms with E-state index < -0.39 is 0 Å². The SMILES string of the molecule is CCN(CCCN(C)C)c1ccc(C=O)cc1. The number of carbonyl (C=O) groups excluding carboxylic acids is 1. The first-order valence-corrected chi connectivity index (χ1v) is 6.12. The van der Waals surface area contributed by atoms with Crippen LogP contribution in [0.3, 0.4) is 0 Å². The Hall–Kier alpha value is -1.35. The highest BCUT2D eigenvalue weighted by molar-refractivity contribution is 5.75. The third-order valence-corrected chi connectivity index (χ3v) is 2.81. The fourth-order valence-corrected chi connectivity index (χ4v) is 1.81. The smallest absolute Gasteiger partial charge is 0.150 e. The molecule has 3 heteroatoms. The highest BCUT2D eigenvalue weighted by atomic mass is 16.1. The first-order valence-electron chi connectivity index (χ1n) is 6.12. The third kappa shape index (κ3) is 4.57. The van der Waals surface area contributed by atoms with Crippen LogP contribution in [0.1, 0.15) is 23.7 Å². The Labute approximate surface area is 104 Å². The van der Waals surface area contributed by atoms with Crippen LogP contribution in [0.2, 0.25) is 0 Å². The molecule has 0 radical (unpaired) electrons. The highest BCUT2D eigenvalue weighted by Gasteiger charge is 2.04. The van der Waals surface area contributed by atoms with Crippen LogP contribution >= 0.6 is 0 Å². The molecule has 0 aliphatic carbocycles. The molecule has 1 aromatic carbocycles. The maximum Gasteiger partial charge on any atom is 0.150 e. The topological polar surface area (TPSA) is 23.6 Å². The van der Waals surface area contributed by atoms with E-state index in [1.54, 1.807) is 0 Å². The molecule has 1 rings (SSSR count). The summed E-state index contributed by atoms with van der Waals surface area (Å²) in [6.45, 7) is 5.30. The van der Waals surface area contributed by atoms with Crippen LogP contribution in [-0.2, 0) is 0 Å². The van der Waals surface area contributed by atoms with Gasteiger partial charge in [-0.3, -0.25) is 4.79 Å². The summed E-state index contributed by atoms with van der Waals surface area (Å²) < 4.78 is 0. The third-order valence-electron chi connectivity index (χ3n) is 2.81. The lowest BCUT2D eigenvalue weighted by molar-refractivity contribution is 0.112. The van der Waals surface area contributed by atoms with Gasteiger partial charge in [-0.2, -0.15) is 0 Å². The van der Waals surface area contributed by atoms with Gasteiger partial charge in [0.15, 0.2) is 0 Å². The lowest BCUT2D eigenvalue weighted by Gasteiger charge is -2.24. The predicted octanol–water partition coefficient (Wildman–Crippen LogP) is 2.28. The molecule has 0 amide bonds. The maximum atomic E-state index is 10.6. The van der Waals surface area contributed by atoms with Crippen molar-refractivity contribution in [3.8, 4) is 0 Å². The van der Waals surface area contributed by atoms with E-state index in [2.05, 4.69) is 30.8 Å². The molecule has 0 aliphatic rings. The summed E-state index contributed by atoms with van der Waals surface area (Å²) in [5.74, 6) is 0. The van der Waals surface area contributed by atoms with Crippen LogP contribution < -0.4 is 4.90 Å². The Morgan fingerprint density at radius 1 is 1.12 bits per heavy atom. The monoisotopic (exact) mass is 234 g/mol. The van der Waals surface area contributed by atoms with E-state index in [4.69, 9.17) is 0 Å². The molecule has 0 N–H and O–H groups in total. The zero-order valence-electron chi connectivity index (χ0n) is 11.0. The van der Waals surface area contributed by atoms with Crippen molar-refractivity contribution in [2.24, 2.45) is 0 Å². The number of carbonyl (C=O) groups is 1. The molecule has 0 saturated heterocycles. The number of anilines is 1. The van der Waals surface area contributed by atoms with Crippen molar-refractivity contribution >= 4 is 12.0 Å². The molecule has 0 spiro atoms. The van der Waals surface area contributed by atoms with Crippen LogP contribution in [0.5, 0.6) is 0 Å². The second kappa shape index (κ2) is 7.07. The van der Waals surface area contributed by atoms with Crippen LogP contribution in [-0.4, -0.2) is 44.9 Å². The van der Waals surface area contributed by atoms with Gasteiger partial charge in [0.1, 0.15) is 6.29 Å². The Morgan fingerprint density at radius 3 is 2.24 bits per heavy atom. The molecule has 1 aromatic rings. The molecule has 0 fully saturated rings. The summed E-state index contributed by atoms with van der Waals surface area (Å²) in [5.41, 5.74) is 1.93. The fourth-order valence-electron chi connectivity index (χ4n) is 1.81. The molecule has 0 unspecified atom stereocenters. The minimum Gasteiger partial charge on any atom is -0.372 e. The van der Waals surface area contributed by atoms with Gasteiger partial charge in [0.2, 0.25) is 0 Å². The maximum absolute atomic E-state index is 10.6. The highest BCUT2D eigenvalue weighted by Crippen LogP contribution is 2.14. The van der Waals surface area contributed by atoms with Crippen molar-refractivity contribution < 1.29 is 4.79 Å². The summed E-state index contributed by atoms with van der Waals surface area (Å²) in [4.78, 5) is 15.1. The van der Waals surface area contributed by atoms with Crippen molar-refractivity contribution in [2.45, 2.75) is 13.3 Å². The lowest BCUT2D eigenvalue weighted by Crippen LogP contribution is -2.26. The summed E-state index contributed by atoms with van der Waals surface area (Å²) in [5, 5.41) is 0. The Morgan fingerprint density at radius 2 is 1.76 bits per heavy atom. The van der Waals surface area contributed by atoms with E-state index >= 15 is 0 Å². The molecule has 94 valence electrons. The second-order valence-electron chi connectivity index (χ2n) is 4.45. The molecule has 0 saturated carbocycles. The van der Waals surface area contributed by atoms with Gasteiger partial charge in [-0.05, 0) is 58.3 Å². The summed E-state index contributed by atoms with van der Waals surface area (Å²) in [7, 11) is 4.18. The average molecular weight is 234 g/mol. The van der Waals surface area contributed by atoms with E-state index in [1.165, 1.54) is 5.69 Å². The van der Waals surface area contributed by atoms with E-state index in [-0.39, 0.29) is 0 Å². The molecule has 0 aliphatic heterocycles. The Balaban J connectivity index is 2.56.